The van der Waals surface area contributed by atoms with Crippen molar-refractivity contribution in [2.24, 2.45) is 5.92 Å². The van der Waals surface area contributed by atoms with Crippen LogP contribution in [0.1, 0.15) is 29.9 Å². The average Bonchev–Trinajstić information content (AvgIpc) is 3.56. The van der Waals surface area contributed by atoms with Gasteiger partial charge in [0.15, 0.2) is 5.78 Å². The fourth-order valence-electron chi connectivity index (χ4n) is 4.05. The molecule has 8 heteroatoms. The summed E-state index contributed by atoms with van der Waals surface area (Å²) in [6.07, 6.45) is 2.37. The molecule has 0 unspecified atom stereocenters. The normalized spacial score (nSPS) is 11.7. The number of rotatable bonds is 6. The first-order chi connectivity index (χ1) is 16.5. The minimum atomic E-state index is 0.210. The first-order valence-corrected chi connectivity index (χ1v) is 12.8. The molecule has 0 saturated carbocycles. The van der Waals surface area contributed by atoms with Gasteiger partial charge < -0.3 is 5.32 Å². The number of thiophene rings is 2. The Labute approximate surface area is 203 Å². The van der Waals surface area contributed by atoms with Crippen LogP contribution in [0.15, 0.2) is 60.1 Å². The van der Waals surface area contributed by atoms with Crippen molar-refractivity contribution in [2.45, 2.75) is 20.3 Å². The molecule has 168 valence electrons. The number of anilines is 2. The predicted molar refractivity (Wildman–Crippen MR) is 141 cm³/mol. The third kappa shape index (κ3) is 3.85. The maximum Gasteiger partial charge on any atom is 0.228 e. The molecular weight excluding hydrogens is 462 g/mol. The Balaban J connectivity index is 1.39. The summed E-state index contributed by atoms with van der Waals surface area (Å²) in [5.41, 5.74) is 4.69. The second-order valence-electron chi connectivity index (χ2n) is 8.71. The summed E-state index contributed by atoms with van der Waals surface area (Å²) in [7, 11) is 0. The number of aromatic amines is 1. The lowest BCUT2D eigenvalue weighted by molar-refractivity contribution is 0.0972. The monoisotopic (exact) mass is 483 g/mol. The number of nitrogens with one attached hydrogen (secondary N) is 2. The lowest BCUT2D eigenvalue weighted by Crippen LogP contribution is -2.00. The Bertz CT molecular complexity index is 1680. The fourth-order valence-corrected chi connectivity index (χ4v) is 5.95. The van der Waals surface area contributed by atoms with Gasteiger partial charge in [-0.1, -0.05) is 26.0 Å². The highest BCUT2D eigenvalue weighted by Crippen LogP contribution is 2.36. The number of H-pyrrole nitrogens is 1. The number of carbonyl (C=O) groups excluding carboxylic acids is 1. The van der Waals surface area contributed by atoms with Gasteiger partial charge in [0.2, 0.25) is 5.95 Å². The molecular formula is C26H21N5OS2. The Morgan fingerprint density at radius 3 is 2.85 bits per heavy atom. The lowest BCUT2D eigenvalue weighted by Gasteiger charge is -2.09. The van der Waals surface area contributed by atoms with Crippen LogP contribution >= 0.6 is 22.7 Å². The van der Waals surface area contributed by atoms with Crippen LogP contribution in [0, 0.1) is 5.92 Å². The zero-order valence-corrected chi connectivity index (χ0v) is 20.3. The number of hydrogen-bond acceptors (Lipinski definition) is 7. The molecule has 0 aliphatic heterocycles. The number of fused-ring (bicyclic) bond motifs is 3. The van der Waals surface area contributed by atoms with Crippen LogP contribution in [-0.2, 0) is 0 Å². The van der Waals surface area contributed by atoms with Gasteiger partial charge in [-0.3, -0.25) is 9.89 Å². The molecule has 6 nitrogen and oxygen atoms in total. The molecule has 0 fully saturated rings. The molecule has 0 saturated heterocycles. The van der Waals surface area contributed by atoms with E-state index in [2.05, 4.69) is 47.6 Å². The van der Waals surface area contributed by atoms with Gasteiger partial charge >= 0.3 is 0 Å². The molecule has 0 spiro atoms. The van der Waals surface area contributed by atoms with Gasteiger partial charge in [0.25, 0.3) is 0 Å². The molecule has 4 aromatic heterocycles. The zero-order chi connectivity index (χ0) is 23.2. The number of carbonyl (C=O) groups is 1. The smallest absolute Gasteiger partial charge is 0.228 e. The number of nitrogens with zero attached hydrogens (tertiary/aromatic N) is 3. The van der Waals surface area contributed by atoms with Gasteiger partial charge in [-0.25, -0.2) is 9.97 Å². The maximum atomic E-state index is 12.6. The van der Waals surface area contributed by atoms with E-state index >= 15 is 0 Å². The van der Waals surface area contributed by atoms with Gasteiger partial charge in [-0.05, 0) is 53.1 Å². The van der Waals surface area contributed by atoms with Crippen LogP contribution < -0.4 is 5.32 Å². The molecule has 4 heterocycles. The van der Waals surface area contributed by atoms with Gasteiger partial charge in [-0.15, -0.1) is 22.7 Å². The summed E-state index contributed by atoms with van der Waals surface area (Å²) in [6, 6.07) is 16.3. The highest BCUT2D eigenvalue weighted by atomic mass is 32.1. The van der Waals surface area contributed by atoms with Crippen molar-refractivity contribution in [1.29, 1.82) is 0 Å². The molecule has 0 aliphatic rings. The summed E-state index contributed by atoms with van der Waals surface area (Å²) in [5.74, 6) is 1.10. The Morgan fingerprint density at radius 2 is 1.97 bits per heavy atom. The minimum Gasteiger partial charge on any atom is -0.324 e. The largest absolute Gasteiger partial charge is 0.324 e. The van der Waals surface area contributed by atoms with Crippen LogP contribution in [0.25, 0.3) is 42.5 Å². The summed E-state index contributed by atoms with van der Waals surface area (Å²) >= 11 is 3.19. The van der Waals surface area contributed by atoms with Crippen molar-refractivity contribution in [1.82, 2.24) is 20.2 Å². The van der Waals surface area contributed by atoms with Crippen molar-refractivity contribution in [3.63, 3.8) is 0 Å². The van der Waals surface area contributed by atoms with Crippen molar-refractivity contribution >= 4 is 71.3 Å². The molecule has 0 aliphatic carbocycles. The summed E-state index contributed by atoms with van der Waals surface area (Å²) < 4.78 is 2.13. The highest BCUT2D eigenvalue weighted by molar-refractivity contribution is 7.21. The molecule has 2 N–H and O–H groups in total. The minimum absolute atomic E-state index is 0.210. The van der Waals surface area contributed by atoms with Crippen LogP contribution in [0.2, 0.25) is 0 Å². The van der Waals surface area contributed by atoms with E-state index in [0.717, 1.165) is 53.0 Å². The molecule has 6 rings (SSSR count). The third-order valence-electron chi connectivity index (χ3n) is 5.66. The number of ketones is 1. The van der Waals surface area contributed by atoms with Crippen LogP contribution in [0.3, 0.4) is 0 Å². The van der Waals surface area contributed by atoms with E-state index in [-0.39, 0.29) is 5.78 Å². The summed E-state index contributed by atoms with van der Waals surface area (Å²) in [5, 5.41) is 14.5. The first kappa shape index (κ1) is 20.9. The zero-order valence-electron chi connectivity index (χ0n) is 18.6. The van der Waals surface area contributed by atoms with Crippen molar-refractivity contribution in [2.75, 3.05) is 5.32 Å². The number of hydrogen-bond donors (Lipinski definition) is 2. The lowest BCUT2D eigenvalue weighted by atomic mass is 10.1. The molecule has 6 aromatic rings. The molecule has 2 aromatic carbocycles. The van der Waals surface area contributed by atoms with Crippen LogP contribution in [0.5, 0.6) is 0 Å². The molecule has 0 radical (unpaired) electrons. The highest BCUT2D eigenvalue weighted by Gasteiger charge is 2.15. The number of benzene rings is 2. The fraction of sp³-hybridized carbons (Fsp3) is 0.154. The summed E-state index contributed by atoms with van der Waals surface area (Å²) in [4.78, 5) is 23.0. The second kappa shape index (κ2) is 8.30. The van der Waals surface area contributed by atoms with Gasteiger partial charge in [0, 0.05) is 27.8 Å². The van der Waals surface area contributed by atoms with Crippen molar-refractivity contribution < 1.29 is 4.79 Å². The van der Waals surface area contributed by atoms with E-state index in [4.69, 9.17) is 9.97 Å². The SMILES string of the molecule is CC(C)CC(=O)c1cc2ccc(-c3nc(Nc4ccc5[nH]ncc5c4)nc4ccsc34)cc2s1. The van der Waals surface area contributed by atoms with Gasteiger partial charge in [0.1, 0.15) is 0 Å². The van der Waals surface area contributed by atoms with E-state index < -0.39 is 0 Å². The Kier molecular flexibility index (Phi) is 5.12. The standard InChI is InChI=1S/C26H21N5OS2/c1-14(2)9-21(32)23-11-15-3-4-16(12-22(15)34-23)24-25-20(7-8-33-25)29-26(30-24)28-18-5-6-19-17(10-18)13-27-31-19/h3-8,10-14H,9H2,1-2H3,(H,27,31)(H,28,29,30). The quantitative estimate of drug-likeness (QED) is 0.241. The van der Waals surface area contributed by atoms with E-state index in [0.29, 0.717) is 18.3 Å². The number of aromatic nitrogens is 4. The maximum absolute atomic E-state index is 12.6. The Morgan fingerprint density at radius 1 is 1.06 bits per heavy atom. The first-order valence-electron chi connectivity index (χ1n) is 11.1. The van der Waals surface area contributed by atoms with Gasteiger partial charge in [0.05, 0.1) is 32.5 Å². The van der Waals surface area contributed by atoms with Crippen molar-refractivity contribution in [3.8, 4) is 11.3 Å². The van der Waals surface area contributed by atoms with E-state index in [9.17, 15) is 4.79 Å². The molecule has 0 atom stereocenters. The second-order valence-corrected chi connectivity index (χ2v) is 10.7. The molecule has 0 amide bonds. The van der Waals surface area contributed by atoms with Gasteiger partial charge in [-0.2, -0.15) is 5.10 Å². The van der Waals surface area contributed by atoms with E-state index in [1.807, 2.05) is 35.7 Å². The Hall–Kier alpha value is -3.62. The van der Waals surface area contributed by atoms with E-state index in [1.54, 1.807) is 28.9 Å². The third-order valence-corrected chi connectivity index (χ3v) is 7.71. The predicted octanol–water partition coefficient (Wildman–Crippen LogP) is 7.42. The topological polar surface area (TPSA) is 83.6 Å². The summed E-state index contributed by atoms with van der Waals surface area (Å²) in [6.45, 7) is 4.15. The van der Waals surface area contributed by atoms with E-state index in [1.165, 1.54) is 0 Å². The van der Waals surface area contributed by atoms with Crippen molar-refractivity contribution in [3.05, 3.63) is 65.0 Å². The average molecular weight is 484 g/mol. The van der Waals surface area contributed by atoms with Crippen LogP contribution in [0.4, 0.5) is 11.6 Å². The molecule has 0 bridgehead atoms. The molecule has 34 heavy (non-hydrogen) atoms. The number of Topliss-reactive ketones (excluding diaryl/α,β-unsaturated/α-hetero) is 1. The van der Waals surface area contributed by atoms with Crippen LogP contribution in [-0.4, -0.2) is 25.9 Å².